The Bertz CT molecular complexity index is 1370. The molecule has 0 radical (unpaired) electrons. The molecule has 10 nitrogen and oxygen atoms in total. The number of fused-ring (bicyclic) bond motifs is 1. The molecular formula is C29H36ClF2N5O5. The molecule has 2 aliphatic heterocycles. The first-order chi connectivity index (χ1) is 20.1. The molecule has 42 heavy (non-hydrogen) atoms. The Morgan fingerprint density at radius 2 is 2.00 bits per heavy atom. The molecule has 2 fully saturated rings. The number of hydrogen-bond donors (Lipinski definition) is 1. The normalized spacial score (nSPS) is 24.3. The van der Waals surface area contributed by atoms with Crippen molar-refractivity contribution in [3.05, 3.63) is 39.7 Å². The highest BCUT2D eigenvalue weighted by Crippen LogP contribution is 2.46. The highest BCUT2D eigenvalue weighted by Gasteiger charge is 2.50. The molecule has 1 unspecified atom stereocenters. The lowest BCUT2D eigenvalue weighted by Gasteiger charge is -2.45. The number of amides is 2. The van der Waals surface area contributed by atoms with Crippen LogP contribution in [0.5, 0.6) is 5.75 Å². The van der Waals surface area contributed by atoms with Crippen molar-refractivity contribution < 1.29 is 33.0 Å². The molecule has 13 heteroatoms. The summed E-state index contributed by atoms with van der Waals surface area (Å²) in [5, 5.41) is 18.3. The number of carboxylic acid groups (broad SMARTS) is 1. The van der Waals surface area contributed by atoms with Crippen molar-refractivity contribution in [1.29, 1.82) is 0 Å². The number of aliphatic carboxylic acids is 1. The summed E-state index contributed by atoms with van der Waals surface area (Å²) in [4.78, 5) is 42.7. The van der Waals surface area contributed by atoms with E-state index in [1.807, 2.05) is 0 Å². The molecule has 3 atom stereocenters. The molecule has 2 amide bonds. The summed E-state index contributed by atoms with van der Waals surface area (Å²) in [5.74, 6) is -1.66. The maximum atomic E-state index is 14.3. The molecular weight excluding hydrogens is 572 g/mol. The first-order valence-electron chi connectivity index (χ1n) is 14.5. The summed E-state index contributed by atoms with van der Waals surface area (Å²) in [6, 6.07) is 2.66. The van der Waals surface area contributed by atoms with Crippen LogP contribution in [0.3, 0.4) is 0 Å². The van der Waals surface area contributed by atoms with E-state index in [0.717, 1.165) is 23.1 Å². The fourth-order valence-electron chi connectivity index (χ4n) is 6.73. The average molecular weight is 608 g/mol. The number of alkyl halides is 2. The number of aryl methyl sites for hydroxylation is 1. The van der Waals surface area contributed by atoms with Crippen LogP contribution in [0, 0.1) is 11.3 Å². The van der Waals surface area contributed by atoms with Crippen LogP contribution in [0.4, 0.5) is 8.78 Å². The number of likely N-dealkylation sites (tertiary alicyclic amines) is 1. The van der Waals surface area contributed by atoms with Gasteiger partial charge in [0.25, 0.3) is 6.43 Å². The molecule has 3 aliphatic rings. The zero-order chi connectivity index (χ0) is 30.2. The lowest BCUT2D eigenvalue weighted by atomic mass is 9.66. The molecule has 3 heterocycles. The van der Waals surface area contributed by atoms with E-state index in [1.165, 1.54) is 0 Å². The molecule has 1 saturated heterocycles. The fraction of sp³-hybridized carbons (Fsp3) is 0.621. The van der Waals surface area contributed by atoms with Crippen LogP contribution >= 0.6 is 11.6 Å². The molecule has 0 bridgehead atoms. The van der Waals surface area contributed by atoms with E-state index >= 15 is 0 Å². The monoisotopic (exact) mass is 607 g/mol. The van der Waals surface area contributed by atoms with Crippen molar-refractivity contribution in [2.75, 3.05) is 19.6 Å². The fourth-order valence-corrected chi connectivity index (χ4v) is 6.99. The van der Waals surface area contributed by atoms with E-state index < -0.39 is 29.8 Å². The summed E-state index contributed by atoms with van der Waals surface area (Å²) >= 11 is 6.65. The van der Waals surface area contributed by atoms with Crippen molar-refractivity contribution in [3.8, 4) is 5.75 Å². The van der Waals surface area contributed by atoms with E-state index in [9.17, 15) is 28.3 Å². The van der Waals surface area contributed by atoms with Crippen LogP contribution in [-0.2, 0) is 34.0 Å². The summed E-state index contributed by atoms with van der Waals surface area (Å²) in [6.07, 6.45) is 1.07. The van der Waals surface area contributed by atoms with Crippen LogP contribution < -0.4 is 4.74 Å². The molecule has 5 rings (SSSR count). The van der Waals surface area contributed by atoms with E-state index in [1.54, 1.807) is 35.8 Å². The zero-order valence-electron chi connectivity index (χ0n) is 23.8. The Balaban J connectivity index is 1.53. The van der Waals surface area contributed by atoms with E-state index in [2.05, 4.69) is 10.3 Å². The Kier molecular flexibility index (Phi) is 8.73. The van der Waals surface area contributed by atoms with Gasteiger partial charge in [-0.15, -0.1) is 5.10 Å². The molecule has 1 aromatic heterocycles. The minimum Gasteiger partial charge on any atom is -0.487 e. The molecule has 0 spiro atoms. The predicted molar refractivity (Wildman–Crippen MR) is 148 cm³/mol. The number of rotatable bonds is 9. The third-order valence-electron chi connectivity index (χ3n) is 9.13. The van der Waals surface area contributed by atoms with Crippen LogP contribution in [-0.4, -0.2) is 67.3 Å². The standard InChI is InChI=1S/C29H36ClF2N5O5/c1-3-37-25(26(31)32)20(33-34-37)16-42-22-10-9-19(30)17-11-14-36(21(24(17)22)15-35-13-6-8-23(35)38)27(39)18-7-4-5-12-29(18,2)28(40)41/h9-10,18,21,26H,3-8,11-16H2,1-2H3,(H,40,41)/t18?,21-,29-/m1/s1. The van der Waals surface area contributed by atoms with Gasteiger partial charge < -0.3 is 19.6 Å². The van der Waals surface area contributed by atoms with Gasteiger partial charge in [-0.3, -0.25) is 14.4 Å². The first-order valence-corrected chi connectivity index (χ1v) is 14.9. The smallest absolute Gasteiger partial charge is 0.310 e. The van der Waals surface area contributed by atoms with Crippen molar-refractivity contribution in [2.45, 2.75) is 84.4 Å². The number of carboxylic acids is 1. The van der Waals surface area contributed by atoms with Gasteiger partial charge in [-0.05, 0) is 57.2 Å². The number of aromatic nitrogens is 3. The average Bonchev–Trinajstić information content (AvgIpc) is 3.58. The van der Waals surface area contributed by atoms with Gasteiger partial charge in [-0.2, -0.15) is 0 Å². The van der Waals surface area contributed by atoms with Crippen molar-refractivity contribution in [3.63, 3.8) is 0 Å². The second-order valence-corrected chi connectivity index (χ2v) is 11.9. The quantitative estimate of drug-likeness (QED) is 0.435. The van der Waals surface area contributed by atoms with Gasteiger partial charge >= 0.3 is 5.97 Å². The van der Waals surface area contributed by atoms with Crippen molar-refractivity contribution in [2.24, 2.45) is 11.3 Å². The maximum absolute atomic E-state index is 14.3. The largest absolute Gasteiger partial charge is 0.487 e. The Morgan fingerprint density at radius 3 is 2.67 bits per heavy atom. The van der Waals surface area contributed by atoms with Gasteiger partial charge in [0, 0.05) is 43.2 Å². The molecule has 1 N–H and O–H groups in total. The summed E-state index contributed by atoms with van der Waals surface area (Å²) in [6.45, 7) is 4.31. The molecule has 2 aromatic rings. The van der Waals surface area contributed by atoms with Crippen LogP contribution in [0.15, 0.2) is 12.1 Å². The van der Waals surface area contributed by atoms with E-state index in [-0.39, 0.29) is 42.9 Å². The second kappa shape index (κ2) is 12.1. The summed E-state index contributed by atoms with van der Waals surface area (Å²) in [5.41, 5.74) is -0.151. The second-order valence-electron chi connectivity index (χ2n) is 11.5. The number of ether oxygens (including phenoxy) is 1. The first kappa shape index (κ1) is 30.2. The van der Waals surface area contributed by atoms with Gasteiger partial charge in [-0.25, -0.2) is 13.5 Å². The van der Waals surface area contributed by atoms with Crippen molar-refractivity contribution in [1.82, 2.24) is 24.8 Å². The highest BCUT2D eigenvalue weighted by molar-refractivity contribution is 6.31. The predicted octanol–water partition coefficient (Wildman–Crippen LogP) is 4.80. The topological polar surface area (TPSA) is 118 Å². The van der Waals surface area contributed by atoms with Gasteiger partial charge in [0.2, 0.25) is 11.8 Å². The number of halogens is 3. The number of benzene rings is 1. The minimum absolute atomic E-state index is 0.00462. The number of hydrogen-bond acceptors (Lipinski definition) is 6. The third-order valence-corrected chi connectivity index (χ3v) is 9.49. The lowest BCUT2D eigenvalue weighted by Crippen LogP contribution is -2.52. The molecule has 1 saturated carbocycles. The van der Waals surface area contributed by atoms with Crippen LogP contribution in [0.25, 0.3) is 0 Å². The SMILES string of the molecule is CCn1nnc(COc2ccc(Cl)c3c2[C@@H](CN2CCCC2=O)N(C(=O)C2CCCC[C@@]2(C)C(=O)O)CC3)c1C(F)F. The van der Waals surface area contributed by atoms with E-state index in [4.69, 9.17) is 16.3 Å². The molecule has 1 aliphatic carbocycles. The Labute approximate surface area is 247 Å². The lowest BCUT2D eigenvalue weighted by molar-refractivity contribution is -0.162. The number of nitrogens with zero attached hydrogens (tertiary/aromatic N) is 5. The minimum atomic E-state index is -2.79. The summed E-state index contributed by atoms with van der Waals surface area (Å²) < 4.78 is 34.9. The molecule has 228 valence electrons. The van der Waals surface area contributed by atoms with Crippen LogP contribution in [0.2, 0.25) is 5.02 Å². The van der Waals surface area contributed by atoms with Crippen molar-refractivity contribution >= 4 is 29.4 Å². The third kappa shape index (κ3) is 5.45. The maximum Gasteiger partial charge on any atom is 0.310 e. The van der Waals surface area contributed by atoms with Gasteiger partial charge in [-0.1, -0.05) is 29.7 Å². The zero-order valence-corrected chi connectivity index (χ0v) is 24.6. The number of carbonyl (C=O) groups excluding carboxylic acids is 2. The van der Waals surface area contributed by atoms with Gasteiger partial charge in [0.15, 0.2) is 0 Å². The van der Waals surface area contributed by atoms with E-state index in [0.29, 0.717) is 61.5 Å². The Morgan fingerprint density at radius 1 is 1.21 bits per heavy atom. The van der Waals surface area contributed by atoms with Gasteiger partial charge in [0.1, 0.15) is 23.7 Å². The summed E-state index contributed by atoms with van der Waals surface area (Å²) in [7, 11) is 0. The Hall–Kier alpha value is -3.28. The number of carbonyl (C=O) groups is 3. The van der Waals surface area contributed by atoms with Crippen LogP contribution in [0.1, 0.15) is 87.4 Å². The van der Waals surface area contributed by atoms with Gasteiger partial charge in [0.05, 0.1) is 17.4 Å². The molecule has 1 aromatic carbocycles. The highest BCUT2D eigenvalue weighted by atomic mass is 35.5.